The number of rotatable bonds is 4. The topological polar surface area (TPSA) is 28.3 Å². The van der Waals surface area contributed by atoms with E-state index >= 15 is 0 Å². The Morgan fingerprint density at radius 1 is 1.41 bits per heavy atom. The predicted molar refractivity (Wildman–Crippen MR) is 71.5 cm³/mol. The van der Waals surface area contributed by atoms with Gasteiger partial charge in [0.2, 0.25) is 0 Å². The second kappa shape index (κ2) is 4.63. The summed E-state index contributed by atoms with van der Waals surface area (Å²) >= 11 is 0. The van der Waals surface area contributed by atoms with E-state index in [1.165, 1.54) is 10.9 Å². The number of aromatic amines is 1. The van der Waals surface area contributed by atoms with Crippen molar-refractivity contribution in [2.75, 3.05) is 14.2 Å². The van der Waals surface area contributed by atoms with Gasteiger partial charge in [0.05, 0.1) is 18.5 Å². The number of benzene rings is 1. The van der Waals surface area contributed by atoms with Crippen molar-refractivity contribution in [3.63, 3.8) is 0 Å². The third-order valence-corrected chi connectivity index (χ3v) is 3.06. The van der Waals surface area contributed by atoms with Gasteiger partial charge in [0.1, 0.15) is 0 Å². The molecule has 1 aromatic heterocycles. The van der Waals surface area contributed by atoms with Crippen molar-refractivity contribution in [1.82, 2.24) is 10.0 Å². The van der Waals surface area contributed by atoms with Gasteiger partial charge in [-0.3, -0.25) is 9.90 Å². The SMILES string of the molecule is C=C(c1cc2ccc(CC)cc2[nH]1)N(C)OC. The highest BCUT2D eigenvalue weighted by molar-refractivity contribution is 5.84. The number of fused-ring (bicyclic) bond motifs is 1. The van der Waals surface area contributed by atoms with Gasteiger partial charge in [0.25, 0.3) is 0 Å². The van der Waals surface area contributed by atoms with Crippen LogP contribution >= 0.6 is 0 Å². The van der Waals surface area contributed by atoms with Crippen LogP contribution in [0.3, 0.4) is 0 Å². The quantitative estimate of drug-likeness (QED) is 0.817. The van der Waals surface area contributed by atoms with Crippen LogP contribution in [0.15, 0.2) is 30.8 Å². The average Bonchev–Trinajstić information content (AvgIpc) is 2.79. The predicted octanol–water partition coefficient (Wildman–Crippen LogP) is 3.19. The van der Waals surface area contributed by atoms with Crippen LogP contribution in [0.1, 0.15) is 18.2 Å². The molecule has 0 radical (unpaired) electrons. The van der Waals surface area contributed by atoms with Crippen LogP contribution in [-0.4, -0.2) is 24.2 Å². The Labute approximate surface area is 102 Å². The summed E-state index contributed by atoms with van der Waals surface area (Å²) in [5.41, 5.74) is 4.28. The summed E-state index contributed by atoms with van der Waals surface area (Å²) in [6, 6.07) is 8.56. The van der Waals surface area contributed by atoms with E-state index in [0.29, 0.717) is 0 Å². The maximum Gasteiger partial charge on any atom is 0.0796 e. The van der Waals surface area contributed by atoms with Gasteiger partial charge in [-0.15, -0.1) is 0 Å². The molecule has 90 valence electrons. The first kappa shape index (κ1) is 11.7. The average molecular weight is 230 g/mol. The Hall–Kier alpha value is -1.74. The van der Waals surface area contributed by atoms with E-state index in [1.54, 1.807) is 12.2 Å². The van der Waals surface area contributed by atoms with Crippen molar-refractivity contribution in [3.8, 4) is 0 Å². The minimum atomic E-state index is 0.821. The molecule has 0 bridgehead atoms. The fourth-order valence-corrected chi connectivity index (χ4v) is 1.83. The number of aromatic nitrogens is 1. The second-order valence-corrected chi connectivity index (χ2v) is 4.08. The van der Waals surface area contributed by atoms with Crippen molar-refractivity contribution in [2.45, 2.75) is 13.3 Å². The van der Waals surface area contributed by atoms with Crippen LogP contribution in [-0.2, 0) is 11.3 Å². The number of nitrogens with one attached hydrogen (secondary N) is 1. The molecule has 0 spiro atoms. The Bertz CT molecular complexity index is 542. The lowest BCUT2D eigenvalue weighted by Gasteiger charge is -2.16. The Morgan fingerprint density at radius 3 is 2.82 bits per heavy atom. The standard InChI is InChI=1S/C14H18N2O/c1-5-11-6-7-12-9-13(15-14(12)8-11)10(2)16(3)17-4/h6-9,15H,2,5H2,1,3-4H3. The second-order valence-electron chi connectivity index (χ2n) is 4.08. The summed E-state index contributed by atoms with van der Waals surface area (Å²) in [5, 5.41) is 2.84. The molecule has 0 saturated carbocycles. The maximum atomic E-state index is 5.12. The first-order valence-electron chi connectivity index (χ1n) is 5.74. The van der Waals surface area contributed by atoms with Crippen LogP contribution in [0.2, 0.25) is 0 Å². The van der Waals surface area contributed by atoms with Crippen LogP contribution < -0.4 is 0 Å². The molecule has 0 amide bonds. The summed E-state index contributed by atoms with van der Waals surface area (Å²) in [6.45, 7) is 6.16. The lowest BCUT2D eigenvalue weighted by Crippen LogP contribution is -2.14. The summed E-state index contributed by atoms with van der Waals surface area (Å²) < 4.78 is 0. The van der Waals surface area contributed by atoms with Crippen molar-refractivity contribution in [1.29, 1.82) is 0 Å². The van der Waals surface area contributed by atoms with E-state index in [0.717, 1.165) is 23.3 Å². The van der Waals surface area contributed by atoms with Crippen LogP contribution in [0.25, 0.3) is 16.6 Å². The largest absolute Gasteiger partial charge is 0.353 e. The lowest BCUT2D eigenvalue weighted by molar-refractivity contribution is -0.0526. The number of hydroxylamine groups is 2. The van der Waals surface area contributed by atoms with Crippen LogP contribution in [0, 0.1) is 0 Å². The fraction of sp³-hybridized carbons (Fsp3) is 0.286. The zero-order valence-corrected chi connectivity index (χ0v) is 10.6. The molecule has 0 atom stereocenters. The third kappa shape index (κ3) is 2.19. The van der Waals surface area contributed by atoms with Crippen molar-refractivity contribution >= 4 is 16.6 Å². The van der Waals surface area contributed by atoms with Gasteiger partial charge < -0.3 is 4.98 Å². The van der Waals surface area contributed by atoms with Gasteiger partial charge in [-0.2, -0.15) is 0 Å². The van der Waals surface area contributed by atoms with Gasteiger partial charge in [-0.25, -0.2) is 0 Å². The zero-order chi connectivity index (χ0) is 12.4. The molecule has 1 heterocycles. The highest BCUT2D eigenvalue weighted by Gasteiger charge is 2.08. The molecule has 0 unspecified atom stereocenters. The molecule has 1 N–H and O–H groups in total. The first-order valence-corrected chi connectivity index (χ1v) is 5.74. The third-order valence-electron chi connectivity index (χ3n) is 3.06. The number of aryl methyl sites for hydroxylation is 1. The molecule has 0 aliphatic heterocycles. The molecule has 2 rings (SSSR count). The van der Waals surface area contributed by atoms with E-state index in [9.17, 15) is 0 Å². The van der Waals surface area contributed by atoms with Crippen molar-refractivity contribution in [3.05, 3.63) is 42.1 Å². The molecule has 3 nitrogen and oxygen atoms in total. The number of H-pyrrole nitrogens is 1. The van der Waals surface area contributed by atoms with Crippen molar-refractivity contribution in [2.24, 2.45) is 0 Å². The molecular weight excluding hydrogens is 212 g/mol. The van der Waals surface area contributed by atoms with Gasteiger partial charge in [-0.05, 0) is 24.1 Å². The van der Waals surface area contributed by atoms with Crippen LogP contribution in [0.4, 0.5) is 0 Å². The summed E-state index contributed by atoms with van der Waals surface area (Å²) in [7, 11) is 3.47. The number of hydrogen-bond donors (Lipinski definition) is 1. The normalized spacial score (nSPS) is 10.8. The smallest absolute Gasteiger partial charge is 0.0796 e. The Balaban J connectivity index is 2.41. The van der Waals surface area contributed by atoms with E-state index < -0.39 is 0 Å². The Kier molecular flexibility index (Phi) is 3.20. The summed E-state index contributed by atoms with van der Waals surface area (Å²) in [4.78, 5) is 8.49. The maximum absolute atomic E-state index is 5.12. The molecular formula is C14H18N2O. The fourth-order valence-electron chi connectivity index (χ4n) is 1.83. The van der Waals surface area contributed by atoms with E-state index in [4.69, 9.17) is 4.84 Å². The molecule has 17 heavy (non-hydrogen) atoms. The van der Waals surface area contributed by atoms with Crippen molar-refractivity contribution < 1.29 is 4.84 Å². The minimum absolute atomic E-state index is 0.821. The molecule has 2 aromatic rings. The molecule has 3 heteroatoms. The van der Waals surface area contributed by atoms with Gasteiger partial charge >= 0.3 is 0 Å². The molecule has 0 aliphatic rings. The monoisotopic (exact) mass is 230 g/mol. The lowest BCUT2D eigenvalue weighted by atomic mass is 10.1. The number of hydrogen-bond acceptors (Lipinski definition) is 2. The molecule has 1 aromatic carbocycles. The summed E-state index contributed by atoms with van der Waals surface area (Å²) in [5.74, 6) is 0. The molecule has 0 aliphatic carbocycles. The minimum Gasteiger partial charge on any atom is -0.353 e. The van der Waals surface area contributed by atoms with E-state index in [2.05, 4.69) is 42.8 Å². The van der Waals surface area contributed by atoms with Gasteiger partial charge in [0.15, 0.2) is 0 Å². The van der Waals surface area contributed by atoms with E-state index in [1.807, 2.05) is 7.05 Å². The summed E-state index contributed by atoms with van der Waals surface area (Å²) in [6.07, 6.45) is 1.04. The zero-order valence-electron chi connectivity index (χ0n) is 10.6. The van der Waals surface area contributed by atoms with E-state index in [-0.39, 0.29) is 0 Å². The highest BCUT2D eigenvalue weighted by Crippen LogP contribution is 2.22. The number of nitrogens with zero attached hydrogens (tertiary/aromatic N) is 1. The Morgan fingerprint density at radius 2 is 2.18 bits per heavy atom. The highest BCUT2D eigenvalue weighted by atomic mass is 16.7. The van der Waals surface area contributed by atoms with Crippen LogP contribution in [0.5, 0.6) is 0 Å². The van der Waals surface area contributed by atoms with Gasteiger partial charge in [0, 0.05) is 18.0 Å². The molecule has 0 saturated heterocycles. The molecule has 0 fully saturated rings. The van der Waals surface area contributed by atoms with Gasteiger partial charge in [-0.1, -0.05) is 25.6 Å². The first-order chi connectivity index (χ1) is 8.15.